The zero-order chi connectivity index (χ0) is 12.4. The van der Waals surface area contributed by atoms with Crippen LogP contribution in [0.5, 0.6) is 0 Å². The molecule has 2 rings (SSSR count). The molecule has 1 aliphatic rings. The van der Waals surface area contributed by atoms with Crippen LogP contribution in [0, 0.1) is 0 Å². The predicted octanol–water partition coefficient (Wildman–Crippen LogP) is 1.88. The molecule has 1 atom stereocenters. The Morgan fingerprint density at radius 3 is 3.00 bits per heavy atom. The standard InChI is InChI=1S/C13H18N2O2/c1-2-11(13(16)17)15-7-3-4-9-8-10(14)5-6-12(9)15/h5-6,8,11H,2-4,7,14H2,1H3,(H,16,17). The molecule has 0 aromatic heterocycles. The molecule has 1 unspecified atom stereocenters. The summed E-state index contributed by atoms with van der Waals surface area (Å²) in [4.78, 5) is 13.2. The van der Waals surface area contributed by atoms with Gasteiger partial charge in [-0.1, -0.05) is 6.92 Å². The van der Waals surface area contributed by atoms with Gasteiger partial charge >= 0.3 is 5.97 Å². The third-order valence-corrected chi connectivity index (χ3v) is 3.31. The van der Waals surface area contributed by atoms with E-state index < -0.39 is 12.0 Å². The van der Waals surface area contributed by atoms with Gasteiger partial charge in [0.2, 0.25) is 0 Å². The van der Waals surface area contributed by atoms with Crippen LogP contribution in [-0.2, 0) is 11.2 Å². The maximum absolute atomic E-state index is 11.2. The first-order valence-corrected chi connectivity index (χ1v) is 6.01. The minimum atomic E-state index is -0.753. The van der Waals surface area contributed by atoms with E-state index in [1.807, 2.05) is 30.0 Å². The maximum atomic E-state index is 11.2. The molecule has 1 aromatic carbocycles. The van der Waals surface area contributed by atoms with Crippen molar-refractivity contribution in [3.8, 4) is 0 Å². The summed E-state index contributed by atoms with van der Waals surface area (Å²) in [6.07, 6.45) is 2.58. The second-order valence-electron chi connectivity index (χ2n) is 4.45. The lowest BCUT2D eigenvalue weighted by Crippen LogP contribution is -2.43. The summed E-state index contributed by atoms with van der Waals surface area (Å²) in [6.45, 7) is 2.71. The quantitative estimate of drug-likeness (QED) is 0.784. The number of anilines is 2. The molecule has 0 aliphatic carbocycles. The Morgan fingerprint density at radius 2 is 2.35 bits per heavy atom. The van der Waals surface area contributed by atoms with Crippen molar-refractivity contribution in [3.05, 3.63) is 23.8 Å². The molecule has 0 fully saturated rings. The van der Waals surface area contributed by atoms with E-state index in [-0.39, 0.29) is 0 Å². The minimum Gasteiger partial charge on any atom is -0.480 e. The number of aliphatic carboxylic acids is 1. The fourth-order valence-electron chi connectivity index (χ4n) is 2.50. The third kappa shape index (κ3) is 2.20. The lowest BCUT2D eigenvalue weighted by atomic mass is 9.98. The molecule has 0 saturated heterocycles. The van der Waals surface area contributed by atoms with E-state index in [0.717, 1.165) is 36.3 Å². The highest BCUT2D eigenvalue weighted by molar-refractivity contribution is 5.79. The monoisotopic (exact) mass is 234 g/mol. The molecule has 1 aliphatic heterocycles. The molecule has 92 valence electrons. The minimum absolute atomic E-state index is 0.433. The SMILES string of the molecule is CCC(C(=O)O)N1CCCc2cc(N)ccc21. The lowest BCUT2D eigenvalue weighted by Gasteiger charge is -2.35. The van der Waals surface area contributed by atoms with Gasteiger partial charge in [0.25, 0.3) is 0 Å². The van der Waals surface area contributed by atoms with Crippen molar-refractivity contribution < 1.29 is 9.90 Å². The van der Waals surface area contributed by atoms with E-state index in [0.29, 0.717) is 6.42 Å². The largest absolute Gasteiger partial charge is 0.480 e. The third-order valence-electron chi connectivity index (χ3n) is 3.31. The van der Waals surface area contributed by atoms with E-state index in [1.54, 1.807) is 0 Å². The number of carbonyl (C=O) groups is 1. The lowest BCUT2D eigenvalue weighted by molar-refractivity contribution is -0.138. The van der Waals surface area contributed by atoms with E-state index in [9.17, 15) is 9.90 Å². The Bertz CT molecular complexity index is 431. The van der Waals surface area contributed by atoms with Gasteiger partial charge in [0.1, 0.15) is 6.04 Å². The second kappa shape index (κ2) is 4.65. The average molecular weight is 234 g/mol. The van der Waals surface area contributed by atoms with Crippen LogP contribution in [0.2, 0.25) is 0 Å². The van der Waals surface area contributed by atoms with Crippen LogP contribution in [-0.4, -0.2) is 23.7 Å². The molecule has 0 spiro atoms. The highest BCUT2D eigenvalue weighted by atomic mass is 16.4. The van der Waals surface area contributed by atoms with Crippen molar-refractivity contribution >= 4 is 17.3 Å². The topological polar surface area (TPSA) is 66.6 Å². The van der Waals surface area contributed by atoms with Crippen LogP contribution in [0.3, 0.4) is 0 Å². The van der Waals surface area contributed by atoms with Gasteiger partial charge in [-0.15, -0.1) is 0 Å². The number of hydrogen-bond donors (Lipinski definition) is 2. The summed E-state index contributed by atoms with van der Waals surface area (Å²) in [7, 11) is 0. The smallest absolute Gasteiger partial charge is 0.326 e. The van der Waals surface area contributed by atoms with Crippen molar-refractivity contribution in [1.29, 1.82) is 0 Å². The zero-order valence-electron chi connectivity index (χ0n) is 10.0. The van der Waals surface area contributed by atoms with Gasteiger partial charge in [-0.25, -0.2) is 4.79 Å². The van der Waals surface area contributed by atoms with E-state index in [1.165, 1.54) is 0 Å². The number of benzene rings is 1. The molecule has 1 heterocycles. The number of hydrogen-bond acceptors (Lipinski definition) is 3. The first-order valence-electron chi connectivity index (χ1n) is 6.01. The summed E-state index contributed by atoms with van der Waals surface area (Å²) in [5.41, 5.74) is 8.70. The van der Waals surface area contributed by atoms with Crippen LogP contribution in [0.4, 0.5) is 11.4 Å². The first kappa shape index (κ1) is 11.8. The van der Waals surface area contributed by atoms with Gasteiger partial charge in [0, 0.05) is 17.9 Å². The zero-order valence-corrected chi connectivity index (χ0v) is 10.0. The summed E-state index contributed by atoms with van der Waals surface area (Å²) >= 11 is 0. The average Bonchev–Trinajstić information content (AvgIpc) is 2.29. The highest BCUT2D eigenvalue weighted by Gasteiger charge is 2.27. The number of fused-ring (bicyclic) bond motifs is 1. The van der Waals surface area contributed by atoms with Crippen LogP contribution in [0.15, 0.2) is 18.2 Å². The number of nitrogen functional groups attached to an aromatic ring is 1. The van der Waals surface area contributed by atoms with Gasteiger partial charge < -0.3 is 15.7 Å². The Morgan fingerprint density at radius 1 is 1.59 bits per heavy atom. The Balaban J connectivity index is 2.37. The Labute approximate surface area is 101 Å². The maximum Gasteiger partial charge on any atom is 0.326 e. The van der Waals surface area contributed by atoms with Crippen LogP contribution >= 0.6 is 0 Å². The van der Waals surface area contributed by atoms with E-state index in [4.69, 9.17) is 5.73 Å². The van der Waals surface area contributed by atoms with Crippen LogP contribution < -0.4 is 10.6 Å². The van der Waals surface area contributed by atoms with Crippen molar-refractivity contribution in [1.82, 2.24) is 0 Å². The molecule has 4 nitrogen and oxygen atoms in total. The van der Waals surface area contributed by atoms with E-state index in [2.05, 4.69) is 0 Å². The Kier molecular flexibility index (Phi) is 3.22. The molecule has 1 aromatic rings. The molecule has 0 saturated carbocycles. The fourth-order valence-corrected chi connectivity index (χ4v) is 2.50. The van der Waals surface area contributed by atoms with E-state index >= 15 is 0 Å². The van der Waals surface area contributed by atoms with Gasteiger partial charge in [0.05, 0.1) is 0 Å². The van der Waals surface area contributed by atoms with Crippen molar-refractivity contribution in [2.75, 3.05) is 17.2 Å². The summed E-state index contributed by atoms with van der Waals surface area (Å²) in [5, 5.41) is 9.24. The van der Waals surface area contributed by atoms with Gasteiger partial charge in [-0.3, -0.25) is 0 Å². The number of nitrogens with two attached hydrogens (primary N) is 1. The normalized spacial score (nSPS) is 16.4. The van der Waals surface area contributed by atoms with Crippen LogP contribution in [0.1, 0.15) is 25.3 Å². The second-order valence-corrected chi connectivity index (χ2v) is 4.45. The van der Waals surface area contributed by atoms with Crippen molar-refractivity contribution in [2.45, 2.75) is 32.2 Å². The molecular formula is C13H18N2O2. The summed E-state index contributed by atoms with van der Waals surface area (Å²) in [5.74, 6) is -0.753. The highest BCUT2D eigenvalue weighted by Crippen LogP contribution is 2.31. The van der Waals surface area contributed by atoms with Gasteiger partial charge in [0.15, 0.2) is 0 Å². The number of rotatable bonds is 3. The fraction of sp³-hybridized carbons (Fsp3) is 0.462. The number of carboxylic acids is 1. The van der Waals surface area contributed by atoms with Crippen molar-refractivity contribution in [3.63, 3.8) is 0 Å². The molecular weight excluding hydrogens is 216 g/mol. The van der Waals surface area contributed by atoms with Crippen LogP contribution in [0.25, 0.3) is 0 Å². The molecule has 0 amide bonds. The number of aryl methyl sites for hydroxylation is 1. The molecule has 17 heavy (non-hydrogen) atoms. The number of nitrogens with zero attached hydrogens (tertiary/aromatic N) is 1. The number of carboxylic acid groups (broad SMARTS) is 1. The van der Waals surface area contributed by atoms with Gasteiger partial charge in [-0.05, 0) is 43.0 Å². The predicted molar refractivity (Wildman–Crippen MR) is 68.2 cm³/mol. The summed E-state index contributed by atoms with van der Waals surface area (Å²) < 4.78 is 0. The first-order chi connectivity index (χ1) is 8.13. The molecule has 4 heteroatoms. The van der Waals surface area contributed by atoms with Gasteiger partial charge in [-0.2, -0.15) is 0 Å². The molecule has 0 bridgehead atoms. The molecule has 3 N–H and O–H groups in total. The molecule has 0 radical (unpaired) electrons. The van der Waals surface area contributed by atoms with Crippen molar-refractivity contribution in [2.24, 2.45) is 0 Å². The summed E-state index contributed by atoms with van der Waals surface area (Å²) in [6, 6.07) is 5.30. The Hall–Kier alpha value is -1.71.